The summed E-state index contributed by atoms with van der Waals surface area (Å²) in [5, 5.41) is 9.69. The van der Waals surface area contributed by atoms with Gasteiger partial charge in [-0.3, -0.25) is 14.6 Å². The Kier molecular flexibility index (Phi) is 5.84. The maximum atomic E-state index is 14.2. The molecule has 2 amide bonds. The molecule has 1 aromatic carbocycles. The highest BCUT2D eigenvalue weighted by Gasteiger charge is 2.54. The third kappa shape index (κ3) is 3.99. The van der Waals surface area contributed by atoms with Gasteiger partial charge in [-0.15, -0.1) is 0 Å². The van der Waals surface area contributed by atoms with Crippen molar-refractivity contribution < 1.29 is 18.4 Å². The van der Waals surface area contributed by atoms with Crippen molar-refractivity contribution in [1.82, 2.24) is 25.8 Å². The summed E-state index contributed by atoms with van der Waals surface area (Å²) >= 11 is 0. The van der Waals surface area contributed by atoms with E-state index in [0.717, 1.165) is 54.4 Å². The minimum atomic E-state index is -0.978. The van der Waals surface area contributed by atoms with Gasteiger partial charge in [0.1, 0.15) is 17.5 Å². The molecule has 2 aliphatic carbocycles. The van der Waals surface area contributed by atoms with E-state index in [2.05, 4.69) is 32.8 Å². The largest absolute Gasteiger partial charge is 0.368 e. The molecular weight excluding hydrogens is 524 g/mol. The second kappa shape index (κ2) is 9.25. The summed E-state index contributed by atoms with van der Waals surface area (Å²) < 4.78 is 28.5. The van der Waals surface area contributed by atoms with Gasteiger partial charge in [0.25, 0.3) is 0 Å². The van der Waals surface area contributed by atoms with Crippen molar-refractivity contribution in [2.24, 2.45) is 5.41 Å². The number of dihydropyridines is 1. The molecule has 2 atom stereocenters. The molecular formula is C32H31F2N5O2. The Labute approximate surface area is 237 Å². The number of hydrogen-bond acceptors (Lipinski definition) is 5. The molecule has 0 bridgehead atoms. The van der Waals surface area contributed by atoms with Gasteiger partial charge >= 0.3 is 0 Å². The predicted molar refractivity (Wildman–Crippen MR) is 148 cm³/mol. The Hall–Kier alpha value is -4.03. The molecule has 2 aromatic rings. The highest BCUT2D eigenvalue weighted by atomic mass is 19.1. The number of carbonyl (C=O) groups is 2. The first-order chi connectivity index (χ1) is 19.7. The number of benzene rings is 1. The quantitative estimate of drug-likeness (QED) is 0.497. The second-order valence-corrected chi connectivity index (χ2v) is 12.1. The monoisotopic (exact) mass is 555 g/mol. The van der Waals surface area contributed by atoms with Crippen LogP contribution < -0.4 is 16.0 Å². The fourth-order valence-electron chi connectivity index (χ4n) is 7.28. The molecule has 1 saturated carbocycles. The highest BCUT2D eigenvalue weighted by molar-refractivity contribution is 5.93. The summed E-state index contributed by atoms with van der Waals surface area (Å²) in [5.41, 5.74) is 1.65. The lowest BCUT2D eigenvalue weighted by atomic mass is 9.78. The van der Waals surface area contributed by atoms with E-state index in [4.69, 9.17) is 0 Å². The smallest absolute Gasteiger partial charge is 0.244 e. The first kappa shape index (κ1) is 25.9. The van der Waals surface area contributed by atoms with Gasteiger partial charge in [0, 0.05) is 48.6 Å². The highest BCUT2D eigenvalue weighted by Crippen LogP contribution is 2.47. The first-order valence-corrected chi connectivity index (χ1v) is 14.2. The Balaban J connectivity index is 1.17. The molecule has 3 N–H and O–H groups in total. The fraction of sp³-hybridized carbons (Fsp3) is 0.406. The Morgan fingerprint density at radius 2 is 1.85 bits per heavy atom. The van der Waals surface area contributed by atoms with E-state index in [0.29, 0.717) is 37.1 Å². The number of hydrogen-bond donors (Lipinski definition) is 3. The van der Waals surface area contributed by atoms with Crippen LogP contribution in [0.1, 0.15) is 55.0 Å². The summed E-state index contributed by atoms with van der Waals surface area (Å²) in [5.74, 6) is 5.65. The number of piperazine rings is 1. The number of amides is 2. The zero-order valence-corrected chi connectivity index (χ0v) is 22.9. The Morgan fingerprint density at radius 3 is 2.63 bits per heavy atom. The maximum absolute atomic E-state index is 14.2. The number of carbonyl (C=O) groups excluding carboxylic acids is 2. The number of nitrogens with zero attached hydrogens (tertiary/aromatic N) is 2. The zero-order valence-electron chi connectivity index (χ0n) is 22.9. The summed E-state index contributed by atoms with van der Waals surface area (Å²) in [6.45, 7) is 2.99. The third-order valence-corrected chi connectivity index (χ3v) is 9.59. The number of pyridine rings is 1. The molecule has 0 radical (unpaired) electrons. The number of aromatic nitrogens is 1. The summed E-state index contributed by atoms with van der Waals surface area (Å²) in [6, 6.07) is 5.41. The Morgan fingerprint density at radius 1 is 1.07 bits per heavy atom. The molecule has 7 nitrogen and oxygen atoms in total. The van der Waals surface area contributed by atoms with Crippen LogP contribution in [0.4, 0.5) is 8.78 Å². The molecule has 4 heterocycles. The van der Waals surface area contributed by atoms with Crippen LogP contribution in [0.3, 0.4) is 0 Å². The van der Waals surface area contributed by atoms with E-state index in [1.807, 2.05) is 25.1 Å². The van der Waals surface area contributed by atoms with E-state index in [1.54, 1.807) is 11.1 Å². The molecule has 41 heavy (non-hydrogen) atoms. The molecule has 1 saturated heterocycles. The first-order valence-electron chi connectivity index (χ1n) is 14.2. The maximum Gasteiger partial charge on any atom is 0.244 e. The van der Waals surface area contributed by atoms with Gasteiger partial charge in [-0.05, 0) is 55.5 Å². The van der Waals surface area contributed by atoms with Gasteiger partial charge in [-0.1, -0.05) is 36.8 Å². The topological polar surface area (TPSA) is 86.4 Å². The molecule has 9 heteroatoms. The number of halogens is 2. The van der Waals surface area contributed by atoms with Crippen LogP contribution in [-0.4, -0.2) is 46.9 Å². The third-order valence-electron chi connectivity index (χ3n) is 9.59. The van der Waals surface area contributed by atoms with Crippen LogP contribution >= 0.6 is 0 Å². The molecule has 210 valence electrons. The van der Waals surface area contributed by atoms with E-state index in [-0.39, 0.29) is 18.4 Å². The van der Waals surface area contributed by atoms with Crippen molar-refractivity contribution in [3.63, 3.8) is 0 Å². The molecule has 2 fully saturated rings. The lowest BCUT2D eigenvalue weighted by Gasteiger charge is -2.51. The van der Waals surface area contributed by atoms with Gasteiger partial charge < -0.3 is 20.9 Å². The normalized spacial score (nSPS) is 27.5. The van der Waals surface area contributed by atoms with Gasteiger partial charge in [0.15, 0.2) is 0 Å². The van der Waals surface area contributed by atoms with Crippen molar-refractivity contribution in [3.05, 3.63) is 88.0 Å². The lowest BCUT2D eigenvalue weighted by Crippen LogP contribution is -2.70. The van der Waals surface area contributed by atoms with E-state index >= 15 is 0 Å². The van der Waals surface area contributed by atoms with Crippen LogP contribution in [0.2, 0.25) is 0 Å². The van der Waals surface area contributed by atoms with Crippen LogP contribution in [0.5, 0.6) is 0 Å². The molecule has 3 aliphatic heterocycles. The molecule has 0 unspecified atom stereocenters. The van der Waals surface area contributed by atoms with Crippen LogP contribution in [0.15, 0.2) is 54.0 Å². The fourth-order valence-corrected chi connectivity index (χ4v) is 7.28. The number of allylic oxidation sites excluding steroid dienone is 1. The van der Waals surface area contributed by atoms with Gasteiger partial charge in [-0.2, -0.15) is 0 Å². The van der Waals surface area contributed by atoms with E-state index in [1.165, 1.54) is 12.1 Å². The summed E-state index contributed by atoms with van der Waals surface area (Å²) in [7, 11) is 0. The number of nitrogens with one attached hydrogen (secondary N) is 3. The van der Waals surface area contributed by atoms with Crippen molar-refractivity contribution in [2.75, 3.05) is 19.6 Å². The van der Waals surface area contributed by atoms with Crippen molar-refractivity contribution >= 4 is 11.8 Å². The van der Waals surface area contributed by atoms with Gasteiger partial charge in [-0.25, -0.2) is 8.78 Å². The van der Waals surface area contributed by atoms with E-state index < -0.39 is 28.1 Å². The summed E-state index contributed by atoms with van der Waals surface area (Å²) in [4.78, 5) is 33.3. The van der Waals surface area contributed by atoms with Gasteiger partial charge in [0.05, 0.1) is 23.0 Å². The SMILES string of the molecule is C[C@@]1(c2cc(F)cc(F)c2)CNC2(CCCC2)C(=O)N1CC#Cc1cnc2c(c1)C[C@@]1(C2)C(=O)NC2=C1C=CCN2. The second-order valence-electron chi connectivity index (χ2n) is 12.1. The minimum absolute atomic E-state index is 0.0154. The lowest BCUT2D eigenvalue weighted by molar-refractivity contribution is -0.149. The zero-order chi connectivity index (χ0) is 28.4. The average Bonchev–Trinajstić information content (AvgIpc) is 3.65. The van der Waals surface area contributed by atoms with Crippen LogP contribution in [0, 0.1) is 28.9 Å². The molecule has 2 spiro atoms. The minimum Gasteiger partial charge on any atom is -0.368 e. The van der Waals surface area contributed by atoms with Crippen molar-refractivity contribution in [2.45, 2.75) is 56.5 Å². The number of rotatable bonds is 2. The Bertz CT molecular complexity index is 1600. The standard InChI is InChI=1S/C32H31F2N5O2/c1-30(22-13-23(33)15-24(34)14-22)19-37-32(8-2-3-9-32)29(41)39(30)11-5-6-20-12-21-16-31(17-26(21)36-18-20)25-7-4-10-35-27(25)38-28(31)40/h4,7,12-15,18,35,37H,2-3,8-11,16-17,19H2,1H3,(H,38,40)/t30-,31-/m0/s1. The van der Waals surface area contributed by atoms with Crippen LogP contribution in [0.25, 0.3) is 0 Å². The average molecular weight is 556 g/mol. The van der Waals surface area contributed by atoms with Gasteiger partial charge in [0.2, 0.25) is 11.8 Å². The summed E-state index contributed by atoms with van der Waals surface area (Å²) in [6.07, 6.45) is 10.2. The molecule has 7 rings (SSSR count). The molecule has 1 aromatic heterocycles. The predicted octanol–water partition coefficient (Wildman–Crippen LogP) is 2.96. The van der Waals surface area contributed by atoms with Crippen LogP contribution in [-0.2, 0) is 28.0 Å². The molecule has 5 aliphatic rings. The van der Waals surface area contributed by atoms with E-state index in [9.17, 15) is 18.4 Å². The van der Waals surface area contributed by atoms with Crippen molar-refractivity contribution in [1.29, 1.82) is 0 Å². The van der Waals surface area contributed by atoms with Crippen molar-refractivity contribution in [3.8, 4) is 11.8 Å². The number of fused-ring (bicyclic) bond motifs is 2.